The van der Waals surface area contributed by atoms with Crippen LogP contribution in [-0.2, 0) is 11.0 Å². The van der Waals surface area contributed by atoms with Gasteiger partial charge in [0.05, 0.1) is 11.3 Å². The molecular formula is C19H21F3N4O3. The Morgan fingerprint density at radius 1 is 1.24 bits per heavy atom. The molecule has 29 heavy (non-hydrogen) atoms. The Bertz CT molecular complexity index is 920. The van der Waals surface area contributed by atoms with Crippen molar-refractivity contribution >= 4 is 11.8 Å². The van der Waals surface area contributed by atoms with Crippen LogP contribution < -0.4 is 5.32 Å². The zero-order valence-corrected chi connectivity index (χ0v) is 15.9. The second kappa shape index (κ2) is 7.86. The number of alkyl halides is 3. The van der Waals surface area contributed by atoms with Gasteiger partial charge in [0.15, 0.2) is 0 Å². The highest BCUT2D eigenvalue weighted by atomic mass is 19.4. The minimum absolute atomic E-state index is 0.00498. The summed E-state index contributed by atoms with van der Waals surface area (Å²) in [5, 5.41) is 30.6. The minimum Gasteiger partial charge on any atom is -0.507 e. The largest absolute Gasteiger partial charge is 0.507 e. The number of aromatic hydroxyl groups is 1. The lowest BCUT2D eigenvalue weighted by molar-refractivity contribution is -0.144. The number of carboxylic acid groups (broad SMARTS) is 1. The molecule has 3 N–H and O–H groups in total. The van der Waals surface area contributed by atoms with Crippen molar-refractivity contribution in [2.75, 3.05) is 18.9 Å². The van der Waals surface area contributed by atoms with Gasteiger partial charge in [-0.05, 0) is 56.6 Å². The van der Waals surface area contributed by atoms with E-state index < -0.39 is 29.5 Å². The third-order valence-corrected chi connectivity index (χ3v) is 5.03. The average molecular weight is 410 g/mol. The summed E-state index contributed by atoms with van der Waals surface area (Å²) < 4.78 is 38.3. The molecule has 1 aromatic carbocycles. The number of hydrogen-bond donors (Lipinski definition) is 3. The smallest absolute Gasteiger partial charge is 0.416 e. The van der Waals surface area contributed by atoms with Crippen molar-refractivity contribution < 1.29 is 28.2 Å². The molecule has 1 aliphatic heterocycles. The standard InChI is InChI=1S/C19H21F3N4O3/c1-10-7-16(23-12-4-6-14(18(28)29)26(2)9-12)24-25-17(10)13-5-3-11(8-15(13)27)19(20,21)22/h3,5,7-8,12,14,27H,4,6,9H2,1-2H3,(H,23,24)(H,28,29)/t12-,14-/m1/s1. The summed E-state index contributed by atoms with van der Waals surface area (Å²) in [5.74, 6) is -0.890. The van der Waals surface area contributed by atoms with E-state index in [2.05, 4.69) is 15.5 Å². The van der Waals surface area contributed by atoms with Gasteiger partial charge in [-0.15, -0.1) is 10.2 Å². The van der Waals surface area contributed by atoms with Gasteiger partial charge in [-0.3, -0.25) is 9.69 Å². The first-order valence-electron chi connectivity index (χ1n) is 9.00. The van der Waals surface area contributed by atoms with Gasteiger partial charge in [0.1, 0.15) is 17.6 Å². The van der Waals surface area contributed by atoms with Crippen LogP contribution in [-0.4, -0.2) is 57.0 Å². The Labute approximate surface area is 165 Å². The van der Waals surface area contributed by atoms with E-state index in [0.717, 1.165) is 6.07 Å². The Balaban J connectivity index is 1.75. The van der Waals surface area contributed by atoms with E-state index in [1.807, 2.05) is 0 Å². The number of anilines is 1. The molecule has 10 heteroatoms. The fourth-order valence-corrected chi connectivity index (χ4v) is 3.51. The van der Waals surface area contributed by atoms with Crippen LogP contribution in [0.4, 0.5) is 19.0 Å². The minimum atomic E-state index is -4.54. The lowest BCUT2D eigenvalue weighted by Gasteiger charge is -2.35. The Hall–Kier alpha value is -2.88. The van der Waals surface area contributed by atoms with E-state index in [0.29, 0.717) is 36.8 Å². The molecule has 156 valence electrons. The number of nitrogens with one attached hydrogen (secondary N) is 1. The molecule has 1 aromatic heterocycles. The fraction of sp³-hybridized carbons (Fsp3) is 0.421. The fourth-order valence-electron chi connectivity index (χ4n) is 3.51. The normalized spacial score (nSPS) is 20.4. The lowest BCUT2D eigenvalue weighted by atomic mass is 9.99. The van der Waals surface area contributed by atoms with Gasteiger partial charge in [0, 0.05) is 18.2 Å². The summed E-state index contributed by atoms with van der Waals surface area (Å²) in [5.41, 5.74) is 0.138. The van der Waals surface area contributed by atoms with Crippen molar-refractivity contribution in [2.24, 2.45) is 0 Å². The number of rotatable bonds is 4. The van der Waals surface area contributed by atoms with Gasteiger partial charge in [0.2, 0.25) is 0 Å². The van der Waals surface area contributed by atoms with Crippen molar-refractivity contribution in [1.82, 2.24) is 15.1 Å². The number of phenolic OH excluding ortho intramolecular Hbond substituents is 1. The van der Waals surface area contributed by atoms with E-state index in [1.54, 1.807) is 24.9 Å². The number of hydrogen-bond acceptors (Lipinski definition) is 6. The number of nitrogens with zero attached hydrogens (tertiary/aromatic N) is 3. The van der Waals surface area contributed by atoms with Crippen LogP contribution in [0.5, 0.6) is 5.75 Å². The molecule has 2 atom stereocenters. The molecule has 1 saturated heterocycles. The van der Waals surface area contributed by atoms with Crippen LogP contribution >= 0.6 is 0 Å². The number of likely N-dealkylation sites (tertiary alicyclic amines) is 1. The Morgan fingerprint density at radius 3 is 2.52 bits per heavy atom. The summed E-state index contributed by atoms with van der Waals surface area (Å²) in [4.78, 5) is 12.9. The number of likely N-dealkylation sites (N-methyl/N-ethyl adjacent to an activating group) is 1. The second-order valence-corrected chi connectivity index (χ2v) is 7.20. The van der Waals surface area contributed by atoms with Gasteiger partial charge >= 0.3 is 12.1 Å². The van der Waals surface area contributed by atoms with Gasteiger partial charge in [-0.25, -0.2) is 0 Å². The number of carbonyl (C=O) groups is 1. The van der Waals surface area contributed by atoms with Crippen LogP contribution in [0.1, 0.15) is 24.0 Å². The third-order valence-electron chi connectivity index (χ3n) is 5.03. The molecule has 0 bridgehead atoms. The first kappa shape index (κ1) is 20.8. The summed E-state index contributed by atoms with van der Waals surface area (Å²) in [6.07, 6.45) is -3.38. The van der Waals surface area contributed by atoms with E-state index in [-0.39, 0.29) is 17.3 Å². The number of halogens is 3. The van der Waals surface area contributed by atoms with Gasteiger partial charge in [0.25, 0.3) is 0 Å². The molecule has 0 saturated carbocycles. The number of aromatic nitrogens is 2. The van der Waals surface area contributed by atoms with Crippen molar-refractivity contribution in [3.63, 3.8) is 0 Å². The van der Waals surface area contributed by atoms with Crippen molar-refractivity contribution in [2.45, 2.75) is 38.0 Å². The summed E-state index contributed by atoms with van der Waals surface area (Å²) in [7, 11) is 1.75. The lowest BCUT2D eigenvalue weighted by Crippen LogP contribution is -2.49. The zero-order chi connectivity index (χ0) is 21.3. The first-order chi connectivity index (χ1) is 13.6. The second-order valence-electron chi connectivity index (χ2n) is 7.20. The summed E-state index contributed by atoms with van der Waals surface area (Å²) in [6, 6.07) is 3.91. The van der Waals surface area contributed by atoms with Gasteiger partial charge in [-0.2, -0.15) is 13.2 Å². The van der Waals surface area contributed by atoms with Crippen molar-refractivity contribution in [3.8, 4) is 17.0 Å². The Kier molecular flexibility index (Phi) is 5.65. The number of aryl methyl sites for hydroxylation is 1. The maximum absolute atomic E-state index is 12.8. The number of phenols is 1. The van der Waals surface area contributed by atoms with Crippen LogP contribution in [0.2, 0.25) is 0 Å². The molecule has 7 nitrogen and oxygen atoms in total. The van der Waals surface area contributed by atoms with Gasteiger partial charge in [-0.1, -0.05) is 0 Å². The summed E-state index contributed by atoms with van der Waals surface area (Å²) in [6.45, 7) is 2.25. The van der Waals surface area contributed by atoms with Crippen LogP contribution in [0.25, 0.3) is 11.3 Å². The van der Waals surface area contributed by atoms with E-state index >= 15 is 0 Å². The van der Waals surface area contributed by atoms with Crippen molar-refractivity contribution in [3.05, 3.63) is 35.4 Å². The molecule has 2 heterocycles. The van der Waals surface area contributed by atoms with Crippen LogP contribution in [0.15, 0.2) is 24.3 Å². The summed E-state index contributed by atoms with van der Waals surface area (Å²) >= 11 is 0. The Morgan fingerprint density at radius 2 is 1.97 bits per heavy atom. The highest BCUT2D eigenvalue weighted by Crippen LogP contribution is 2.36. The number of carboxylic acids is 1. The number of piperidine rings is 1. The van der Waals surface area contributed by atoms with Crippen molar-refractivity contribution in [1.29, 1.82) is 0 Å². The van der Waals surface area contributed by atoms with E-state index in [9.17, 15) is 28.2 Å². The zero-order valence-electron chi connectivity index (χ0n) is 15.9. The molecule has 0 spiro atoms. The SMILES string of the molecule is Cc1cc(N[C@@H]2CC[C@H](C(=O)O)N(C)C2)nnc1-c1ccc(C(F)(F)F)cc1O. The molecule has 2 aromatic rings. The number of benzene rings is 1. The monoisotopic (exact) mass is 410 g/mol. The molecule has 3 rings (SSSR count). The predicted octanol–water partition coefficient (Wildman–Crippen LogP) is 3.14. The van der Waals surface area contributed by atoms with E-state index in [1.165, 1.54) is 6.07 Å². The molecule has 0 amide bonds. The molecule has 0 radical (unpaired) electrons. The molecule has 1 fully saturated rings. The van der Waals surface area contributed by atoms with Gasteiger partial charge < -0.3 is 15.5 Å². The molecular weight excluding hydrogens is 389 g/mol. The quantitative estimate of drug-likeness (QED) is 0.712. The maximum Gasteiger partial charge on any atom is 0.416 e. The van der Waals surface area contributed by atoms with Crippen LogP contribution in [0.3, 0.4) is 0 Å². The topological polar surface area (TPSA) is 98.6 Å². The van der Waals surface area contributed by atoms with E-state index in [4.69, 9.17) is 0 Å². The van der Waals surface area contributed by atoms with Crippen LogP contribution in [0, 0.1) is 6.92 Å². The number of aliphatic carboxylic acids is 1. The third kappa shape index (κ3) is 4.58. The maximum atomic E-state index is 12.8. The molecule has 0 aliphatic carbocycles. The highest BCUT2D eigenvalue weighted by molar-refractivity contribution is 5.73. The highest BCUT2D eigenvalue weighted by Gasteiger charge is 2.32. The predicted molar refractivity (Wildman–Crippen MR) is 99.6 cm³/mol. The molecule has 1 aliphatic rings. The molecule has 0 unspecified atom stereocenters. The first-order valence-corrected chi connectivity index (χ1v) is 9.00. The average Bonchev–Trinajstić information content (AvgIpc) is 2.61.